The van der Waals surface area contributed by atoms with Gasteiger partial charge in [0, 0.05) is 28.0 Å². The van der Waals surface area contributed by atoms with E-state index in [0.29, 0.717) is 15.9 Å². The Balaban J connectivity index is 1.99. The van der Waals surface area contributed by atoms with Crippen LogP contribution in [0.2, 0.25) is 10.0 Å². The Morgan fingerprint density at radius 2 is 2.00 bits per heavy atom. The van der Waals surface area contributed by atoms with Crippen LogP contribution < -0.4 is 5.32 Å². The molecule has 88 valence electrons. The largest absolute Gasteiger partial charge is 0.306 e. The molecule has 0 spiro atoms. The van der Waals surface area contributed by atoms with E-state index >= 15 is 0 Å². The lowest BCUT2D eigenvalue weighted by Gasteiger charge is -2.41. The maximum Gasteiger partial charge on any atom is 0.0465 e. The summed E-state index contributed by atoms with van der Waals surface area (Å²) < 4.78 is 0. The number of hydrogen-bond acceptors (Lipinski definition) is 1. The number of benzene rings is 1. The summed E-state index contributed by atoms with van der Waals surface area (Å²) in [7, 11) is 0. The lowest BCUT2D eigenvalue weighted by atomic mass is 9.78. The number of hydrogen-bond donors (Lipinski definition) is 1. The van der Waals surface area contributed by atoms with E-state index in [-0.39, 0.29) is 5.54 Å². The fourth-order valence-electron chi connectivity index (χ4n) is 1.91. The Morgan fingerprint density at radius 1 is 1.25 bits per heavy atom. The smallest absolute Gasteiger partial charge is 0.0465 e. The fraction of sp³-hybridized carbons (Fsp3) is 0.500. The minimum absolute atomic E-state index is 0.129. The third-order valence-electron chi connectivity index (χ3n) is 3.24. The molecule has 1 aromatic rings. The standard InChI is InChI=1S/C12H14Cl3N/c13-8-12(4-1-5-12)16-7-9-2-3-10(14)6-11(9)15/h2-3,6,16H,1,4-5,7-8H2. The van der Waals surface area contributed by atoms with Crippen LogP contribution in [0.25, 0.3) is 0 Å². The molecule has 4 heteroatoms. The van der Waals surface area contributed by atoms with Gasteiger partial charge < -0.3 is 5.32 Å². The first-order chi connectivity index (χ1) is 7.65. The second-order valence-electron chi connectivity index (χ2n) is 4.36. The van der Waals surface area contributed by atoms with Gasteiger partial charge in [0.2, 0.25) is 0 Å². The van der Waals surface area contributed by atoms with Crippen molar-refractivity contribution in [1.29, 1.82) is 0 Å². The normalized spacial score (nSPS) is 18.2. The molecule has 1 aliphatic carbocycles. The van der Waals surface area contributed by atoms with Crippen molar-refractivity contribution < 1.29 is 0 Å². The van der Waals surface area contributed by atoms with Gasteiger partial charge >= 0.3 is 0 Å². The van der Waals surface area contributed by atoms with E-state index in [1.807, 2.05) is 12.1 Å². The van der Waals surface area contributed by atoms with Gasteiger partial charge in [-0.15, -0.1) is 11.6 Å². The Hall–Kier alpha value is 0.0500. The number of alkyl halides is 1. The molecule has 0 aromatic heterocycles. The van der Waals surface area contributed by atoms with Crippen molar-refractivity contribution >= 4 is 34.8 Å². The topological polar surface area (TPSA) is 12.0 Å². The zero-order valence-electron chi connectivity index (χ0n) is 8.90. The van der Waals surface area contributed by atoms with Crippen LogP contribution in [0.5, 0.6) is 0 Å². The molecule has 1 aliphatic rings. The molecular formula is C12H14Cl3N. The van der Waals surface area contributed by atoms with Crippen LogP contribution in [0, 0.1) is 0 Å². The summed E-state index contributed by atoms with van der Waals surface area (Å²) in [5.74, 6) is 0.665. The SMILES string of the molecule is ClCC1(NCc2ccc(Cl)cc2Cl)CCC1. The van der Waals surface area contributed by atoms with Gasteiger partial charge in [-0.2, -0.15) is 0 Å². The van der Waals surface area contributed by atoms with Gasteiger partial charge in [-0.05, 0) is 37.0 Å². The molecular weight excluding hydrogens is 264 g/mol. The van der Waals surface area contributed by atoms with Crippen molar-refractivity contribution in [2.75, 3.05) is 5.88 Å². The van der Waals surface area contributed by atoms with Gasteiger partial charge in [0.1, 0.15) is 0 Å². The third-order valence-corrected chi connectivity index (χ3v) is 4.33. The van der Waals surface area contributed by atoms with Crippen molar-refractivity contribution in [2.24, 2.45) is 0 Å². The fourth-order valence-corrected chi connectivity index (χ4v) is 2.75. The summed E-state index contributed by atoms with van der Waals surface area (Å²) in [6.07, 6.45) is 3.57. The quantitative estimate of drug-likeness (QED) is 0.812. The molecule has 16 heavy (non-hydrogen) atoms. The second-order valence-corrected chi connectivity index (χ2v) is 5.47. The highest BCUT2D eigenvalue weighted by Gasteiger charge is 2.35. The van der Waals surface area contributed by atoms with Crippen LogP contribution in [0.3, 0.4) is 0 Å². The van der Waals surface area contributed by atoms with Crippen LogP contribution in [0.1, 0.15) is 24.8 Å². The molecule has 0 heterocycles. The van der Waals surface area contributed by atoms with E-state index in [0.717, 1.165) is 24.9 Å². The van der Waals surface area contributed by atoms with Gasteiger partial charge in [0.05, 0.1) is 0 Å². The highest BCUT2D eigenvalue weighted by Crippen LogP contribution is 2.33. The summed E-state index contributed by atoms with van der Waals surface area (Å²) >= 11 is 17.9. The Labute approximate surface area is 111 Å². The first-order valence-electron chi connectivity index (χ1n) is 5.40. The van der Waals surface area contributed by atoms with E-state index in [2.05, 4.69) is 5.32 Å². The zero-order valence-corrected chi connectivity index (χ0v) is 11.2. The molecule has 1 N–H and O–H groups in total. The van der Waals surface area contributed by atoms with Gasteiger partial charge in [-0.3, -0.25) is 0 Å². The Bertz CT molecular complexity index is 369. The average molecular weight is 279 g/mol. The number of rotatable bonds is 4. The van der Waals surface area contributed by atoms with E-state index < -0.39 is 0 Å². The van der Waals surface area contributed by atoms with Crippen molar-refractivity contribution in [3.05, 3.63) is 33.8 Å². The van der Waals surface area contributed by atoms with E-state index in [4.69, 9.17) is 34.8 Å². The summed E-state index contributed by atoms with van der Waals surface area (Å²) in [5.41, 5.74) is 1.20. The lowest BCUT2D eigenvalue weighted by molar-refractivity contribution is 0.211. The maximum absolute atomic E-state index is 6.11. The molecule has 0 bridgehead atoms. The summed E-state index contributed by atoms with van der Waals surface area (Å²) in [6.45, 7) is 0.753. The molecule has 0 aliphatic heterocycles. The third kappa shape index (κ3) is 2.65. The molecule has 1 nitrogen and oxygen atoms in total. The summed E-state index contributed by atoms with van der Waals surface area (Å²) in [6, 6.07) is 5.59. The molecule has 1 saturated carbocycles. The van der Waals surface area contributed by atoms with Crippen molar-refractivity contribution in [1.82, 2.24) is 5.32 Å². The average Bonchev–Trinajstić information content (AvgIpc) is 2.19. The molecule has 1 aromatic carbocycles. The number of halogens is 3. The Morgan fingerprint density at radius 3 is 2.50 bits per heavy atom. The monoisotopic (exact) mass is 277 g/mol. The first kappa shape index (κ1) is 12.5. The zero-order chi connectivity index (χ0) is 11.6. The van der Waals surface area contributed by atoms with Gasteiger partial charge in [0.15, 0.2) is 0 Å². The van der Waals surface area contributed by atoms with Crippen LogP contribution in [0.15, 0.2) is 18.2 Å². The lowest BCUT2D eigenvalue weighted by Crippen LogP contribution is -2.52. The van der Waals surface area contributed by atoms with Crippen LogP contribution in [0.4, 0.5) is 0 Å². The predicted octanol–water partition coefficient (Wildman–Crippen LogP) is 4.24. The molecule has 0 unspecified atom stereocenters. The van der Waals surface area contributed by atoms with Gasteiger partial charge in [-0.25, -0.2) is 0 Å². The van der Waals surface area contributed by atoms with Crippen molar-refractivity contribution in [3.8, 4) is 0 Å². The highest BCUT2D eigenvalue weighted by atomic mass is 35.5. The molecule has 0 saturated heterocycles. The molecule has 1 fully saturated rings. The van der Waals surface area contributed by atoms with E-state index in [1.165, 1.54) is 6.42 Å². The van der Waals surface area contributed by atoms with Gasteiger partial charge in [0.25, 0.3) is 0 Å². The minimum atomic E-state index is 0.129. The maximum atomic E-state index is 6.11. The van der Waals surface area contributed by atoms with Crippen molar-refractivity contribution in [2.45, 2.75) is 31.3 Å². The van der Waals surface area contributed by atoms with Gasteiger partial charge in [-0.1, -0.05) is 29.3 Å². The minimum Gasteiger partial charge on any atom is -0.306 e. The van der Waals surface area contributed by atoms with Crippen LogP contribution >= 0.6 is 34.8 Å². The molecule has 2 rings (SSSR count). The van der Waals surface area contributed by atoms with Crippen LogP contribution in [-0.2, 0) is 6.54 Å². The first-order valence-corrected chi connectivity index (χ1v) is 6.69. The van der Waals surface area contributed by atoms with Crippen molar-refractivity contribution in [3.63, 3.8) is 0 Å². The molecule has 0 radical (unpaired) electrons. The second kappa shape index (κ2) is 5.14. The summed E-state index contributed by atoms with van der Waals surface area (Å²) in [4.78, 5) is 0. The van der Waals surface area contributed by atoms with E-state index in [1.54, 1.807) is 6.07 Å². The predicted molar refractivity (Wildman–Crippen MR) is 70.6 cm³/mol. The number of nitrogens with one attached hydrogen (secondary N) is 1. The van der Waals surface area contributed by atoms with E-state index in [9.17, 15) is 0 Å². The highest BCUT2D eigenvalue weighted by molar-refractivity contribution is 6.35. The van der Waals surface area contributed by atoms with Crippen LogP contribution in [-0.4, -0.2) is 11.4 Å². The Kier molecular flexibility index (Phi) is 4.01. The molecule has 0 amide bonds. The summed E-state index contributed by atoms with van der Waals surface area (Å²) in [5, 5.41) is 4.88. The molecule has 0 atom stereocenters.